The maximum absolute atomic E-state index is 12.0. The Labute approximate surface area is 126 Å². The van der Waals surface area contributed by atoms with Gasteiger partial charge in [0, 0.05) is 29.9 Å². The third kappa shape index (κ3) is 4.30. The van der Waals surface area contributed by atoms with E-state index in [2.05, 4.69) is 37.8 Å². The molecule has 1 amide bonds. The number of aryl methyl sites for hydroxylation is 1. The van der Waals surface area contributed by atoms with Gasteiger partial charge in [0.25, 0.3) is 0 Å². The van der Waals surface area contributed by atoms with Crippen LogP contribution in [-0.2, 0) is 4.79 Å². The zero-order valence-corrected chi connectivity index (χ0v) is 14.0. The van der Waals surface area contributed by atoms with Crippen molar-refractivity contribution in [2.75, 3.05) is 27.2 Å². The van der Waals surface area contributed by atoms with E-state index >= 15 is 0 Å². The molecule has 1 heterocycles. The van der Waals surface area contributed by atoms with Crippen LogP contribution in [0.4, 0.5) is 0 Å². The second-order valence-corrected chi connectivity index (χ2v) is 6.64. The zero-order valence-electron chi connectivity index (χ0n) is 13.2. The van der Waals surface area contributed by atoms with Crippen molar-refractivity contribution in [1.29, 1.82) is 0 Å². The Bertz CT molecular complexity index is 431. The van der Waals surface area contributed by atoms with E-state index in [1.807, 2.05) is 0 Å². The fraction of sp³-hybridized carbons (Fsp3) is 0.667. The van der Waals surface area contributed by atoms with Crippen molar-refractivity contribution in [3.8, 4) is 0 Å². The molecule has 0 aromatic carbocycles. The molecule has 0 aliphatic carbocycles. The van der Waals surface area contributed by atoms with Crippen LogP contribution >= 0.6 is 11.3 Å². The molecule has 0 saturated heterocycles. The highest BCUT2D eigenvalue weighted by Crippen LogP contribution is 2.30. The summed E-state index contributed by atoms with van der Waals surface area (Å²) in [7, 11) is 3.58. The van der Waals surface area contributed by atoms with Crippen molar-refractivity contribution >= 4 is 17.2 Å². The predicted molar refractivity (Wildman–Crippen MR) is 86.0 cm³/mol. The van der Waals surface area contributed by atoms with Crippen LogP contribution in [0.15, 0.2) is 12.1 Å². The first-order chi connectivity index (χ1) is 9.40. The van der Waals surface area contributed by atoms with Crippen molar-refractivity contribution in [3.05, 3.63) is 21.9 Å². The Balaban J connectivity index is 2.98. The molecule has 1 aromatic rings. The summed E-state index contributed by atoms with van der Waals surface area (Å²) in [6.45, 7) is 7.51. The van der Waals surface area contributed by atoms with Gasteiger partial charge in [-0.3, -0.25) is 9.69 Å². The molecule has 0 spiro atoms. The normalized spacial score (nSPS) is 14.3. The molecular formula is C15H27N3OS. The lowest BCUT2D eigenvalue weighted by molar-refractivity contribution is -0.130. The molecule has 2 atom stereocenters. The Morgan fingerprint density at radius 2 is 2.00 bits per heavy atom. The number of amides is 1. The summed E-state index contributed by atoms with van der Waals surface area (Å²) < 4.78 is 0. The zero-order chi connectivity index (χ0) is 15.3. The van der Waals surface area contributed by atoms with Gasteiger partial charge < -0.3 is 10.6 Å². The highest BCUT2D eigenvalue weighted by atomic mass is 32.1. The summed E-state index contributed by atoms with van der Waals surface area (Å²) >= 11 is 1.77. The summed E-state index contributed by atoms with van der Waals surface area (Å²) in [6, 6.07) is 4.43. The third-order valence-electron chi connectivity index (χ3n) is 3.57. The number of likely N-dealkylation sites (N-methyl/N-ethyl adjacent to an activating group) is 2. The molecule has 1 aromatic heterocycles. The monoisotopic (exact) mass is 297 g/mol. The van der Waals surface area contributed by atoms with Gasteiger partial charge in [0.2, 0.25) is 5.91 Å². The maximum atomic E-state index is 12.0. The maximum Gasteiger partial charge on any atom is 0.236 e. The number of hydrogen-bond donors (Lipinski definition) is 1. The topological polar surface area (TPSA) is 49.6 Å². The van der Waals surface area contributed by atoms with Crippen LogP contribution in [0.1, 0.15) is 36.1 Å². The third-order valence-corrected chi connectivity index (χ3v) is 4.64. The Kier molecular flexibility index (Phi) is 6.65. The number of carbonyl (C=O) groups excluding carboxylic acids is 1. The first-order valence-electron chi connectivity index (χ1n) is 7.16. The summed E-state index contributed by atoms with van der Waals surface area (Å²) in [6.07, 6.45) is 0.897. The van der Waals surface area contributed by atoms with Crippen molar-refractivity contribution in [2.24, 2.45) is 5.73 Å². The van der Waals surface area contributed by atoms with Gasteiger partial charge in [0.15, 0.2) is 0 Å². The second kappa shape index (κ2) is 7.76. The minimum absolute atomic E-state index is 0.0444. The summed E-state index contributed by atoms with van der Waals surface area (Å²) in [5, 5.41) is 0. The molecule has 0 aliphatic rings. The van der Waals surface area contributed by atoms with Crippen LogP contribution < -0.4 is 5.73 Å². The fourth-order valence-electron chi connectivity index (χ4n) is 2.22. The van der Waals surface area contributed by atoms with E-state index in [0.29, 0.717) is 6.54 Å². The molecule has 5 heteroatoms. The van der Waals surface area contributed by atoms with E-state index < -0.39 is 0 Å². The van der Waals surface area contributed by atoms with Gasteiger partial charge >= 0.3 is 0 Å². The number of rotatable bonds is 7. The van der Waals surface area contributed by atoms with Crippen molar-refractivity contribution in [2.45, 2.75) is 39.3 Å². The van der Waals surface area contributed by atoms with Crippen LogP contribution in [0.3, 0.4) is 0 Å². The molecule has 0 fully saturated rings. The summed E-state index contributed by atoms with van der Waals surface area (Å²) in [5.74, 6) is 0.119. The number of nitrogens with zero attached hydrogens (tertiary/aromatic N) is 2. The lowest BCUT2D eigenvalue weighted by atomic mass is 10.0. The first-order valence-corrected chi connectivity index (χ1v) is 7.98. The smallest absolute Gasteiger partial charge is 0.236 e. The van der Waals surface area contributed by atoms with E-state index in [1.54, 1.807) is 30.3 Å². The number of nitrogens with two attached hydrogens (primary N) is 1. The van der Waals surface area contributed by atoms with Gasteiger partial charge in [0.1, 0.15) is 0 Å². The van der Waals surface area contributed by atoms with Crippen LogP contribution in [-0.4, -0.2) is 48.9 Å². The van der Waals surface area contributed by atoms with Gasteiger partial charge in [-0.2, -0.15) is 0 Å². The van der Waals surface area contributed by atoms with Crippen LogP contribution in [0.2, 0.25) is 0 Å². The highest BCUT2D eigenvalue weighted by Gasteiger charge is 2.27. The Morgan fingerprint density at radius 3 is 2.40 bits per heavy atom. The van der Waals surface area contributed by atoms with E-state index in [4.69, 9.17) is 5.73 Å². The molecule has 2 N–H and O–H groups in total. The molecule has 4 nitrogen and oxygen atoms in total. The number of hydrogen-bond acceptors (Lipinski definition) is 4. The predicted octanol–water partition coefficient (Wildman–Crippen LogP) is 2.25. The molecule has 0 saturated carbocycles. The van der Waals surface area contributed by atoms with Gasteiger partial charge in [-0.15, -0.1) is 11.3 Å². The Hall–Kier alpha value is -0.910. The molecule has 0 radical (unpaired) electrons. The van der Waals surface area contributed by atoms with Crippen molar-refractivity contribution in [3.63, 3.8) is 0 Å². The molecular weight excluding hydrogens is 270 g/mol. The molecule has 20 heavy (non-hydrogen) atoms. The van der Waals surface area contributed by atoms with Crippen molar-refractivity contribution in [1.82, 2.24) is 9.80 Å². The largest absolute Gasteiger partial charge is 0.348 e. The minimum atomic E-state index is 0.0444. The second-order valence-electron chi connectivity index (χ2n) is 5.32. The van der Waals surface area contributed by atoms with Crippen molar-refractivity contribution < 1.29 is 4.79 Å². The standard InChI is InChI=1S/C15H27N3OS/c1-6-12(16)15(13-9-8-11(3)20-13)18(7-2)10-14(19)17(4)5/h8-9,12,15H,6-7,10,16H2,1-5H3. The summed E-state index contributed by atoms with van der Waals surface area (Å²) in [5.41, 5.74) is 6.33. The minimum Gasteiger partial charge on any atom is -0.348 e. The average Bonchev–Trinajstić information content (AvgIpc) is 2.83. The van der Waals surface area contributed by atoms with Gasteiger partial charge in [-0.1, -0.05) is 13.8 Å². The summed E-state index contributed by atoms with van der Waals surface area (Å²) in [4.78, 5) is 18.4. The van der Waals surface area contributed by atoms with Gasteiger partial charge in [-0.05, 0) is 32.0 Å². The molecule has 2 unspecified atom stereocenters. The Morgan fingerprint density at radius 1 is 1.35 bits per heavy atom. The van der Waals surface area contributed by atoms with Crippen LogP contribution in [0.25, 0.3) is 0 Å². The van der Waals surface area contributed by atoms with E-state index in [-0.39, 0.29) is 18.0 Å². The molecule has 0 bridgehead atoms. The van der Waals surface area contributed by atoms with E-state index in [1.165, 1.54) is 9.75 Å². The van der Waals surface area contributed by atoms with E-state index in [9.17, 15) is 4.79 Å². The molecule has 114 valence electrons. The van der Waals surface area contributed by atoms with Gasteiger partial charge in [-0.25, -0.2) is 0 Å². The lowest BCUT2D eigenvalue weighted by Crippen LogP contribution is -2.45. The lowest BCUT2D eigenvalue weighted by Gasteiger charge is -2.34. The first kappa shape index (κ1) is 17.1. The van der Waals surface area contributed by atoms with Gasteiger partial charge in [0.05, 0.1) is 12.6 Å². The van der Waals surface area contributed by atoms with E-state index in [0.717, 1.165) is 13.0 Å². The SMILES string of the molecule is CCC(N)C(c1ccc(C)s1)N(CC)CC(=O)N(C)C. The quantitative estimate of drug-likeness (QED) is 0.840. The molecule has 0 aliphatic heterocycles. The highest BCUT2D eigenvalue weighted by molar-refractivity contribution is 7.12. The average molecular weight is 297 g/mol. The number of carbonyl (C=O) groups is 1. The fourth-order valence-corrected chi connectivity index (χ4v) is 3.31. The van der Waals surface area contributed by atoms with Crippen LogP contribution in [0.5, 0.6) is 0 Å². The molecule has 1 rings (SSSR count). The van der Waals surface area contributed by atoms with Crippen LogP contribution in [0, 0.1) is 6.92 Å². The number of thiophene rings is 1.